The SMILES string of the molecule is CCCNCc1ccc(SCCCn2ccnc2)cc1. The third kappa shape index (κ3) is 5.39. The number of nitrogens with one attached hydrogen (secondary N) is 1. The highest BCUT2D eigenvalue weighted by Gasteiger charge is 1.97. The number of thioether (sulfide) groups is 1. The molecule has 0 atom stereocenters. The molecule has 1 aromatic carbocycles. The summed E-state index contributed by atoms with van der Waals surface area (Å²) in [6.07, 6.45) is 8.08. The number of benzene rings is 1. The van der Waals surface area contributed by atoms with Gasteiger partial charge in [0.1, 0.15) is 0 Å². The van der Waals surface area contributed by atoms with Crippen LogP contribution in [0.25, 0.3) is 0 Å². The van der Waals surface area contributed by atoms with Gasteiger partial charge < -0.3 is 9.88 Å². The second kappa shape index (κ2) is 8.82. The van der Waals surface area contributed by atoms with Crippen LogP contribution < -0.4 is 5.32 Å². The van der Waals surface area contributed by atoms with Crippen molar-refractivity contribution >= 4 is 11.8 Å². The van der Waals surface area contributed by atoms with Crippen molar-refractivity contribution in [1.82, 2.24) is 14.9 Å². The number of rotatable bonds is 9. The number of nitrogens with zero attached hydrogens (tertiary/aromatic N) is 2. The molecule has 0 unspecified atom stereocenters. The van der Waals surface area contributed by atoms with Crippen molar-refractivity contribution < 1.29 is 0 Å². The van der Waals surface area contributed by atoms with Crippen LogP contribution in [0.1, 0.15) is 25.3 Å². The van der Waals surface area contributed by atoms with E-state index in [1.165, 1.54) is 23.3 Å². The van der Waals surface area contributed by atoms with Gasteiger partial charge >= 0.3 is 0 Å². The molecule has 0 radical (unpaired) electrons. The van der Waals surface area contributed by atoms with E-state index in [1.54, 1.807) is 0 Å². The lowest BCUT2D eigenvalue weighted by atomic mass is 10.2. The van der Waals surface area contributed by atoms with Crippen LogP contribution in [0.4, 0.5) is 0 Å². The van der Waals surface area contributed by atoms with Crippen LogP contribution >= 0.6 is 11.8 Å². The van der Waals surface area contributed by atoms with Crippen LogP contribution in [0, 0.1) is 0 Å². The predicted octanol–water partition coefficient (Wildman–Crippen LogP) is 3.57. The summed E-state index contributed by atoms with van der Waals surface area (Å²) < 4.78 is 2.13. The Morgan fingerprint density at radius 3 is 2.80 bits per heavy atom. The molecule has 1 heterocycles. The van der Waals surface area contributed by atoms with Gasteiger partial charge in [0.2, 0.25) is 0 Å². The monoisotopic (exact) mass is 289 g/mol. The highest BCUT2D eigenvalue weighted by Crippen LogP contribution is 2.19. The lowest BCUT2D eigenvalue weighted by Crippen LogP contribution is -2.13. The Hall–Kier alpha value is -1.26. The van der Waals surface area contributed by atoms with Crippen LogP contribution in [-0.4, -0.2) is 21.8 Å². The quantitative estimate of drug-likeness (QED) is 0.565. The Kier molecular flexibility index (Phi) is 6.68. The molecule has 0 fully saturated rings. The molecule has 0 amide bonds. The molecule has 0 aliphatic rings. The maximum absolute atomic E-state index is 4.05. The molecule has 2 rings (SSSR count). The van der Waals surface area contributed by atoms with Crippen molar-refractivity contribution in [2.45, 2.75) is 37.8 Å². The van der Waals surface area contributed by atoms with Gasteiger partial charge in [-0.15, -0.1) is 11.8 Å². The van der Waals surface area contributed by atoms with Gasteiger partial charge in [0.05, 0.1) is 6.33 Å². The van der Waals surface area contributed by atoms with Crippen LogP contribution in [0.2, 0.25) is 0 Å². The fraction of sp³-hybridized carbons (Fsp3) is 0.438. The highest BCUT2D eigenvalue weighted by atomic mass is 32.2. The van der Waals surface area contributed by atoms with Gasteiger partial charge in [-0.05, 0) is 42.8 Å². The first-order valence-electron chi connectivity index (χ1n) is 7.26. The number of imidazole rings is 1. The van der Waals surface area contributed by atoms with Crippen molar-refractivity contribution in [1.29, 1.82) is 0 Å². The van der Waals surface area contributed by atoms with Crippen molar-refractivity contribution in [2.24, 2.45) is 0 Å². The van der Waals surface area contributed by atoms with Gasteiger partial charge in [-0.1, -0.05) is 19.1 Å². The Bertz CT molecular complexity index is 465. The topological polar surface area (TPSA) is 29.9 Å². The molecule has 0 saturated heterocycles. The first-order chi connectivity index (χ1) is 9.88. The summed E-state index contributed by atoms with van der Waals surface area (Å²) in [6, 6.07) is 8.90. The van der Waals surface area contributed by atoms with Crippen LogP contribution in [0.15, 0.2) is 47.9 Å². The van der Waals surface area contributed by atoms with Crippen molar-refractivity contribution in [2.75, 3.05) is 12.3 Å². The molecule has 1 aromatic heterocycles. The molecule has 3 nitrogen and oxygen atoms in total. The zero-order valence-electron chi connectivity index (χ0n) is 12.1. The lowest BCUT2D eigenvalue weighted by molar-refractivity contribution is 0.675. The Morgan fingerprint density at radius 1 is 1.25 bits per heavy atom. The number of aryl methyl sites for hydroxylation is 1. The molecule has 4 heteroatoms. The van der Waals surface area contributed by atoms with E-state index >= 15 is 0 Å². The van der Waals surface area contributed by atoms with Gasteiger partial charge in [0.15, 0.2) is 0 Å². The Labute approximate surface area is 125 Å². The summed E-state index contributed by atoms with van der Waals surface area (Å²) in [4.78, 5) is 5.41. The van der Waals surface area contributed by atoms with Gasteiger partial charge in [0, 0.05) is 30.4 Å². The van der Waals surface area contributed by atoms with Gasteiger partial charge in [-0.2, -0.15) is 0 Å². The zero-order valence-corrected chi connectivity index (χ0v) is 12.9. The molecular weight excluding hydrogens is 266 g/mol. The minimum atomic E-state index is 0.972. The molecule has 20 heavy (non-hydrogen) atoms. The second-order valence-electron chi connectivity index (χ2n) is 4.82. The third-order valence-corrected chi connectivity index (χ3v) is 4.17. The Balaban J connectivity index is 1.65. The van der Waals surface area contributed by atoms with Crippen molar-refractivity contribution in [3.05, 3.63) is 48.5 Å². The van der Waals surface area contributed by atoms with Crippen LogP contribution in [-0.2, 0) is 13.1 Å². The molecule has 1 N–H and O–H groups in total. The van der Waals surface area contributed by atoms with Gasteiger partial charge in [0.25, 0.3) is 0 Å². The minimum Gasteiger partial charge on any atom is -0.337 e. The van der Waals surface area contributed by atoms with E-state index in [-0.39, 0.29) is 0 Å². The molecule has 0 bridgehead atoms. The average Bonchev–Trinajstić information content (AvgIpc) is 2.99. The maximum Gasteiger partial charge on any atom is 0.0945 e. The summed E-state index contributed by atoms with van der Waals surface area (Å²) in [5.74, 6) is 1.14. The molecule has 108 valence electrons. The fourth-order valence-corrected chi connectivity index (χ4v) is 2.81. The molecule has 0 aliphatic heterocycles. The van der Waals surface area contributed by atoms with Crippen LogP contribution in [0.3, 0.4) is 0 Å². The summed E-state index contributed by atoms with van der Waals surface area (Å²) in [6.45, 7) is 5.30. The first-order valence-corrected chi connectivity index (χ1v) is 8.25. The fourth-order valence-electron chi connectivity index (χ4n) is 1.97. The number of hydrogen-bond acceptors (Lipinski definition) is 3. The van der Waals surface area contributed by atoms with E-state index in [0.717, 1.165) is 25.4 Å². The van der Waals surface area contributed by atoms with Crippen molar-refractivity contribution in [3.63, 3.8) is 0 Å². The van der Waals surface area contributed by atoms with E-state index in [4.69, 9.17) is 0 Å². The first kappa shape index (κ1) is 15.1. The smallest absolute Gasteiger partial charge is 0.0945 e. The molecular formula is C16H23N3S. The van der Waals surface area contributed by atoms with E-state index in [0.29, 0.717) is 0 Å². The van der Waals surface area contributed by atoms with Gasteiger partial charge in [-0.3, -0.25) is 0 Å². The molecule has 0 spiro atoms. The second-order valence-corrected chi connectivity index (χ2v) is 5.99. The van der Waals surface area contributed by atoms with E-state index < -0.39 is 0 Å². The summed E-state index contributed by atoms with van der Waals surface area (Å²) in [7, 11) is 0. The number of aromatic nitrogens is 2. The molecule has 2 aromatic rings. The Morgan fingerprint density at radius 2 is 2.10 bits per heavy atom. The minimum absolute atomic E-state index is 0.972. The van der Waals surface area contributed by atoms with Crippen molar-refractivity contribution in [3.8, 4) is 0 Å². The van der Waals surface area contributed by atoms with Gasteiger partial charge in [-0.25, -0.2) is 4.98 Å². The standard InChI is InChI=1S/C16H23N3S/c1-2-8-17-13-15-4-6-16(7-5-15)20-12-3-10-19-11-9-18-14-19/h4-7,9,11,14,17H,2-3,8,10,12-13H2,1H3. The normalized spacial score (nSPS) is 10.8. The molecule has 0 aliphatic carbocycles. The number of hydrogen-bond donors (Lipinski definition) is 1. The zero-order chi connectivity index (χ0) is 14.0. The third-order valence-electron chi connectivity index (χ3n) is 3.07. The van der Waals surface area contributed by atoms with Crippen LogP contribution in [0.5, 0.6) is 0 Å². The largest absolute Gasteiger partial charge is 0.337 e. The maximum atomic E-state index is 4.05. The van der Waals surface area contributed by atoms with E-state index in [9.17, 15) is 0 Å². The summed E-state index contributed by atoms with van der Waals surface area (Å²) >= 11 is 1.93. The summed E-state index contributed by atoms with van der Waals surface area (Å²) in [5, 5.41) is 3.42. The summed E-state index contributed by atoms with van der Waals surface area (Å²) in [5.41, 5.74) is 1.36. The van der Waals surface area contributed by atoms with E-state index in [2.05, 4.69) is 46.1 Å². The predicted molar refractivity (Wildman–Crippen MR) is 86.0 cm³/mol. The highest BCUT2D eigenvalue weighted by molar-refractivity contribution is 7.99. The van der Waals surface area contributed by atoms with E-state index in [1.807, 2.05) is 30.5 Å². The lowest BCUT2D eigenvalue weighted by Gasteiger charge is -2.06. The molecule has 0 saturated carbocycles. The average molecular weight is 289 g/mol.